The Morgan fingerprint density at radius 2 is 1.76 bits per heavy atom. The molecule has 0 aliphatic carbocycles. The van der Waals surface area contributed by atoms with Crippen LogP contribution in [0, 0.1) is 0 Å². The summed E-state index contributed by atoms with van der Waals surface area (Å²) in [5.41, 5.74) is 1.14. The molecule has 0 N–H and O–H groups in total. The number of rotatable bonds is 8. The van der Waals surface area contributed by atoms with Gasteiger partial charge < -0.3 is 9.32 Å². The van der Waals surface area contributed by atoms with Crippen molar-refractivity contribution in [2.45, 2.75) is 29.8 Å². The normalized spacial score (nSPS) is 10.9. The summed E-state index contributed by atoms with van der Waals surface area (Å²) in [6.45, 7) is 2.70. The van der Waals surface area contributed by atoms with E-state index in [1.54, 1.807) is 29.3 Å². The maximum absolute atomic E-state index is 13.5. The summed E-state index contributed by atoms with van der Waals surface area (Å²) < 4.78 is 5.82. The Kier molecular flexibility index (Phi) is 7.65. The molecule has 2 aromatic carbocycles. The highest BCUT2D eigenvalue weighted by Gasteiger charge is 2.23. The van der Waals surface area contributed by atoms with Crippen molar-refractivity contribution >= 4 is 40.9 Å². The van der Waals surface area contributed by atoms with Gasteiger partial charge in [0.05, 0.1) is 27.7 Å². The van der Waals surface area contributed by atoms with Crippen molar-refractivity contribution in [1.82, 2.24) is 20.1 Å². The monoisotopic (exact) mass is 498 g/mol. The smallest absolute Gasteiger partial charge is 0.257 e. The van der Waals surface area contributed by atoms with Gasteiger partial charge in [-0.2, -0.15) is 0 Å². The van der Waals surface area contributed by atoms with E-state index in [-0.39, 0.29) is 12.5 Å². The Labute approximate surface area is 206 Å². The van der Waals surface area contributed by atoms with E-state index in [9.17, 15) is 4.79 Å². The van der Waals surface area contributed by atoms with Gasteiger partial charge in [0.25, 0.3) is 5.91 Å². The summed E-state index contributed by atoms with van der Waals surface area (Å²) in [5.74, 6) is 0.476. The number of hydrogen-bond donors (Lipinski definition) is 0. The Hall–Kier alpha value is -2.87. The Morgan fingerprint density at radius 3 is 2.52 bits per heavy atom. The summed E-state index contributed by atoms with van der Waals surface area (Å²) in [6.07, 6.45) is 2.43. The van der Waals surface area contributed by atoms with E-state index in [1.165, 1.54) is 11.8 Å². The Balaban J connectivity index is 1.58. The molecule has 2 aromatic heterocycles. The third kappa shape index (κ3) is 5.55. The fourth-order valence-corrected chi connectivity index (χ4v) is 4.55. The molecule has 0 saturated heterocycles. The van der Waals surface area contributed by atoms with Gasteiger partial charge in [0.2, 0.25) is 11.8 Å². The SMILES string of the molecule is CCCN(Cc1nnc(-c2ccccc2Cl)o1)C(=O)c1cccnc1Sc1ccccc1Cl. The number of pyridine rings is 1. The number of halogens is 2. The lowest BCUT2D eigenvalue weighted by Gasteiger charge is -2.21. The Morgan fingerprint density at radius 1 is 1.00 bits per heavy atom. The molecule has 4 aromatic rings. The molecule has 4 rings (SSSR count). The first kappa shape index (κ1) is 23.3. The molecule has 0 saturated carbocycles. The van der Waals surface area contributed by atoms with Crippen LogP contribution in [0.25, 0.3) is 11.5 Å². The third-order valence-electron chi connectivity index (χ3n) is 4.72. The molecule has 9 heteroatoms. The van der Waals surface area contributed by atoms with Gasteiger partial charge >= 0.3 is 0 Å². The minimum absolute atomic E-state index is 0.169. The number of carbonyl (C=O) groups excluding carboxylic acids is 1. The molecule has 0 atom stereocenters. The maximum Gasteiger partial charge on any atom is 0.257 e. The molecule has 33 heavy (non-hydrogen) atoms. The van der Waals surface area contributed by atoms with Crippen molar-refractivity contribution in [1.29, 1.82) is 0 Å². The zero-order valence-electron chi connectivity index (χ0n) is 17.7. The minimum Gasteiger partial charge on any atom is -0.419 e. The molecule has 0 spiro atoms. The summed E-state index contributed by atoms with van der Waals surface area (Å²) in [7, 11) is 0. The van der Waals surface area contributed by atoms with Crippen molar-refractivity contribution in [2.24, 2.45) is 0 Å². The van der Waals surface area contributed by atoms with Gasteiger partial charge in [-0.1, -0.05) is 66.2 Å². The topological polar surface area (TPSA) is 72.1 Å². The van der Waals surface area contributed by atoms with Gasteiger partial charge in [0.1, 0.15) is 5.03 Å². The molecule has 0 fully saturated rings. The van der Waals surface area contributed by atoms with Gasteiger partial charge in [-0.25, -0.2) is 4.98 Å². The number of hydrogen-bond acceptors (Lipinski definition) is 6. The van der Waals surface area contributed by atoms with E-state index in [0.29, 0.717) is 44.5 Å². The lowest BCUT2D eigenvalue weighted by molar-refractivity contribution is 0.0724. The molecule has 0 unspecified atom stereocenters. The fourth-order valence-electron chi connectivity index (χ4n) is 3.18. The van der Waals surface area contributed by atoms with Crippen LogP contribution in [-0.4, -0.2) is 32.5 Å². The molecule has 1 amide bonds. The zero-order chi connectivity index (χ0) is 23.2. The number of aromatic nitrogens is 3. The highest BCUT2D eigenvalue weighted by molar-refractivity contribution is 7.99. The second-order valence-corrected chi connectivity index (χ2v) is 8.94. The van der Waals surface area contributed by atoms with Gasteiger partial charge in [0, 0.05) is 17.6 Å². The van der Waals surface area contributed by atoms with Crippen LogP contribution < -0.4 is 0 Å². The van der Waals surface area contributed by atoms with Crippen LogP contribution in [-0.2, 0) is 6.54 Å². The highest BCUT2D eigenvalue weighted by Crippen LogP contribution is 2.34. The summed E-state index contributed by atoms with van der Waals surface area (Å²) in [5, 5.41) is 9.94. The summed E-state index contributed by atoms with van der Waals surface area (Å²) in [6, 6.07) is 18.2. The second-order valence-electron chi connectivity index (χ2n) is 7.10. The highest BCUT2D eigenvalue weighted by atomic mass is 35.5. The van der Waals surface area contributed by atoms with E-state index in [2.05, 4.69) is 15.2 Å². The van der Waals surface area contributed by atoms with Crippen LogP contribution in [0.5, 0.6) is 0 Å². The second kappa shape index (κ2) is 10.8. The van der Waals surface area contributed by atoms with Crippen molar-refractivity contribution in [3.05, 3.63) is 88.4 Å². The average molecular weight is 499 g/mol. The van der Waals surface area contributed by atoms with Crippen molar-refractivity contribution in [3.8, 4) is 11.5 Å². The number of benzene rings is 2. The van der Waals surface area contributed by atoms with Gasteiger partial charge in [0.15, 0.2) is 0 Å². The van der Waals surface area contributed by atoms with Crippen molar-refractivity contribution in [3.63, 3.8) is 0 Å². The first-order valence-corrected chi connectivity index (χ1v) is 11.9. The molecule has 0 aliphatic heterocycles. The number of amides is 1. The van der Waals surface area contributed by atoms with Crippen LogP contribution in [0.4, 0.5) is 0 Å². The van der Waals surface area contributed by atoms with Crippen LogP contribution in [0.2, 0.25) is 10.0 Å². The maximum atomic E-state index is 13.5. The van der Waals surface area contributed by atoms with E-state index in [1.807, 2.05) is 49.4 Å². The fraction of sp³-hybridized carbons (Fsp3) is 0.167. The first-order valence-electron chi connectivity index (χ1n) is 10.3. The molecule has 6 nitrogen and oxygen atoms in total. The van der Waals surface area contributed by atoms with E-state index in [4.69, 9.17) is 27.6 Å². The van der Waals surface area contributed by atoms with E-state index >= 15 is 0 Å². The molecule has 168 valence electrons. The van der Waals surface area contributed by atoms with Crippen LogP contribution >= 0.6 is 35.0 Å². The van der Waals surface area contributed by atoms with Crippen molar-refractivity contribution in [2.75, 3.05) is 6.54 Å². The van der Waals surface area contributed by atoms with Crippen LogP contribution in [0.1, 0.15) is 29.6 Å². The van der Waals surface area contributed by atoms with Gasteiger partial charge in [-0.3, -0.25) is 4.79 Å². The Bertz CT molecular complexity index is 1260. The summed E-state index contributed by atoms with van der Waals surface area (Å²) in [4.78, 5) is 20.4. The molecule has 0 bridgehead atoms. The molecule has 0 aliphatic rings. The lowest BCUT2D eigenvalue weighted by atomic mass is 10.2. The number of carbonyl (C=O) groups is 1. The quantitative estimate of drug-likeness (QED) is 0.271. The largest absolute Gasteiger partial charge is 0.419 e. The molecule has 0 radical (unpaired) electrons. The van der Waals surface area contributed by atoms with Crippen LogP contribution in [0.15, 0.2) is 81.2 Å². The third-order valence-corrected chi connectivity index (χ3v) is 6.59. The predicted octanol–water partition coefficient (Wildman–Crippen LogP) is 6.64. The molecular weight excluding hydrogens is 479 g/mol. The van der Waals surface area contributed by atoms with Crippen molar-refractivity contribution < 1.29 is 9.21 Å². The molecular formula is C24H20Cl2N4O2S. The first-order chi connectivity index (χ1) is 16.1. The lowest BCUT2D eigenvalue weighted by Crippen LogP contribution is -2.32. The van der Waals surface area contributed by atoms with E-state index < -0.39 is 0 Å². The van der Waals surface area contributed by atoms with Gasteiger partial charge in [-0.15, -0.1) is 10.2 Å². The van der Waals surface area contributed by atoms with E-state index in [0.717, 1.165) is 11.3 Å². The summed E-state index contributed by atoms with van der Waals surface area (Å²) >= 11 is 13.9. The number of nitrogens with zero attached hydrogens (tertiary/aromatic N) is 4. The average Bonchev–Trinajstić information content (AvgIpc) is 3.29. The predicted molar refractivity (Wildman–Crippen MR) is 130 cm³/mol. The zero-order valence-corrected chi connectivity index (χ0v) is 20.1. The van der Waals surface area contributed by atoms with Crippen LogP contribution in [0.3, 0.4) is 0 Å². The molecule has 2 heterocycles. The minimum atomic E-state index is -0.169. The standard InChI is InChI=1S/C24H20Cl2N4O2S/c1-2-14-30(15-21-28-29-22(32-21)16-8-3-4-10-18(16)25)24(31)17-9-7-13-27-23(17)33-20-12-6-5-11-19(20)26/h3-13H,2,14-15H2,1H3. The van der Waals surface area contributed by atoms with Gasteiger partial charge in [-0.05, 0) is 42.8 Å².